The number of nitrogens with zero attached hydrogens (tertiary/aromatic N) is 2. The molecule has 2 rings (SSSR count). The third-order valence-electron chi connectivity index (χ3n) is 2.08. The molecule has 15 heavy (non-hydrogen) atoms. The minimum absolute atomic E-state index is 0.343. The van der Waals surface area contributed by atoms with Gasteiger partial charge in [0.2, 0.25) is 0 Å². The second kappa shape index (κ2) is 3.96. The summed E-state index contributed by atoms with van der Waals surface area (Å²) in [5.41, 5.74) is 6.89. The molecule has 2 aromatic heterocycles. The van der Waals surface area contributed by atoms with Crippen molar-refractivity contribution in [2.24, 2.45) is 0 Å². The number of pyridine rings is 1. The van der Waals surface area contributed by atoms with Gasteiger partial charge in [-0.15, -0.1) is 11.3 Å². The monoisotopic (exact) mass is 221 g/mol. The summed E-state index contributed by atoms with van der Waals surface area (Å²) in [7, 11) is 0. The van der Waals surface area contributed by atoms with E-state index in [9.17, 15) is 5.11 Å². The van der Waals surface area contributed by atoms with E-state index in [4.69, 9.17) is 5.73 Å². The molecule has 4 nitrogen and oxygen atoms in total. The number of nitrogens with two attached hydrogens (primary N) is 1. The van der Waals surface area contributed by atoms with Crippen LogP contribution in [0.5, 0.6) is 0 Å². The molecule has 2 heterocycles. The van der Waals surface area contributed by atoms with Crippen LogP contribution in [0.1, 0.15) is 22.4 Å². The first-order valence-corrected chi connectivity index (χ1v) is 5.37. The molecule has 0 radical (unpaired) electrons. The van der Waals surface area contributed by atoms with Crippen molar-refractivity contribution in [3.63, 3.8) is 0 Å². The Kier molecular flexibility index (Phi) is 2.66. The zero-order valence-corrected chi connectivity index (χ0v) is 9.03. The maximum Gasteiger partial charge on any atom is 0.129 e. The summed E-state index contributed by atoms with van der Waals surface area (Å²) in [5.74, 6) is 0.343. The van der Waals surface area contributed by atoms with E-state index in [1.54, 1.807) is 18.3 Å². The van der Waals surface area contributed by atoms with Crippen molar-refractivity contribution >= 4 is 17.2 Å². The lowest BCUT2D eigenvalue weighted by Gasteiger charge is -2.09. The van der Waals surface area contributed by atoms with Gasteiger partial charge in [0.05, 0.1) is 10.7 Å². The minimum atomic E-state index is -0.788. The van der Waals surface area contributed by atoms with Crippen LogP contribution in [0.15, 0.2) is 23.7 Å². The van der Waals surface area contributed by atoms with Crippen molar-refractivity contribution in [3.8, 4) is 0 Å². The highest BCUT2D eigenvalue weighted by Crippen LogP contribution is 2.25. The number of hydrogen-bond donors (Lipinski definition) is 2. The van der Waals surface area contributed by atoms with Crippen molar-refractivity contribution in [2.45, 2.75) is 13.0 Å². The molecule has 0 saturated carbocycles. The van der Waals surface area contributed by atoms with E-state index in [2.05, 4.69) is 9.97 Å². The largest absolute Gasteiger partial charge is 0.383 e. The van der Waals surface area contributed by atoms with E-state index in [-0.39, 0.29) is 0 Å². The summed E-state index contributed by atoms with van der Waals surface area (Å²) < 4.78 is 0. The smallest absolute Gasteiger partial charge is 0.129 e. The summed E-state index contributed by atoms with van der Waals surface area (Å²) in [4.78, 5) is 8.14. The van der Waals surface area contributed by atoms with Crippen LogP contribution in [0.3, 0.4) is 0 Å². The summed E-state index contributed by atoms with van der Waals surface area (Å²) in [6, 6.07) is 3.50. The van der Waals surface area contributed by atoms with E-state index in [0.717, 1.165) is 5.01 Å². The van der Waals surface area contributed by atoms with E-state index in [1.807, 2.05) is 12.3 Å². The topological polar surface area (TPSA) is 72.0 Å². The Balaban J connectivity index is 2.36. The molecular weight excluding hydrogens is 210 g/mol. The lowest BCUT2D eigenvalue weighted by atomic mass is 10.1. The highest BCUT2D eigenvalue weighted by Gasteiger charge is 2.16. The third kappa shape index (κ3) is 1.98. The average Bonchev–Trinajstić information content (AvgIpc) is 2.65. The Bertz CT molecular complexity index is 469. The first kappa shape index (κ1) is 10.1. The maximum absolute atomic E-state index is 10.0. The van der Waals surface area contributed by atoms with Gasteiger partial charge in [-0.3, -0.25) is 0 Å². The van der Waals surface area contributed by atoms with Gasteiger partial charge in [-0.2, -0.15) is 0 Å². The number of rotatable bonds is 2. The molecule has 0 bridgehead atoms. The Morgan fingerprint density at radius 1 is 1.53 bits per heavy atom. The van der Waals surface area contributed by atoms with Crippen LogP contribution < -0.4 is 5.73 Å². The highest BCUT2D eigenvalue weighted by atomic mass is 32.1. The average molecular weight is 221 g/mol. The fourth-order valence-corrected chi connectivity index (χ4v) is 1.96. The van der Waals surface area contributed by atoms with Crippen molar-refractivity contribution < 1.29 is 5.11 Å². The molecule has 0 amide bonds. The third-order valence-corrected chi connectivity index (χ3v) is 2.87. The molecular formula is C10H11N3OS. The summed E-state index contributed by atoms with van der Waals surface area (Å²) >= 11 is 1.50. The summed E-state index contributed by atoms with van der Waals surface area (Å²) in [6.07, 6.45) is 0.807. The van der Waals surface area contributed by atoms with Crippen molar-refractivity contribution in [3.05, 3.63) is 40.0 Å². The first-order chi connectivity index (χ1) is 7.18. The standard InChI is InChI=1S/C10H11N3OS/c1-6-13-8(5-15-6)9(14)7-3-2-4-12-10(7)11/h2-5,9,14H,1H3,(H2,11,12). The molecule has 3 N–H and O–H groups in total. The fraction of sp³-hybridized carbons (Fsp3) is 0.200. The normalized spacial score (nSPS) is 12.7. The van der Waals surface area contributed by atoms with Crippen LogP contribution >= 0.6 is 11.3 Å². The second-order valence-electron chi connectivity index (χ2n) is 3.17. The molecule has 0 saturated heterocycles. The number of aryl methyl sites for hydroxylation is 1. The molecule has 0 aliphatic rings. The van der Waals surface area contributed by atoms with E-state index >= 15 is 0 Å². The maximum atomic E-state index is 10.0. The molecule has 1 atom stereocenters. The zero-order chi connectivity index (χ0) is 10.8. The van der Waals surface area contributed by atoms with Gasteiger partial charge in [-0.25, -0.2) is 9.97 Å². The van der Waals surface area contributed by atoms with Crippen molar-refractivity contribution in [1.29, 1.82) is 0 Å². The first-order valence-electron chi connectivity index (χ1n) is 4.49. The molecule has 0 aliphatic heterocycles. The van der Waals surface area contributed by atoms with Gasteiger partial charge in [0.25, 0.3) is 0 Å². The van der Waals surface area contributed by atoms with Crippen molar-refractivity contribution in [2.75, 3.05) is 5.73 Å². The summed E-state index contributed by atoms with van der Waals surface area (Å²) in [5, 5.41) is 12.8. The predicted molar refractivity (Wildman–Crippen MR) is 59.6 cm³/mol. The van der Waals surface area contributed by atoms with E-state index in [1.165, 1.54) is 11.3 Å². The predicted octanol–water partition coefficient (Wildman–Crippen LogP) is 1.51. The van der Waals surface area contributed by atoms with E-state index in [0.29, 0.717) is 17.1 Å². The van der Waals surface area contributed by atoms with Gasteiger partial charge in [0.1, 0.15) is 11.9 Å². The number of aliphatic hydroxyl groups excluding tert-OH is 1. The van der Waals surface area contributed by atoms with Crippen LogP contribution in [0.25, 0.3) is 0 Å². The van der Waals surface area contributed by atoms with Gasteiger partial charge in [0.15, 0.2) is 0 Å². The van der Waals surface area contributed by atoms with E-state index < -0.39 is 6.10 Å². The molecule has 5 heteroatoms. The quantitative estimate of drug-likeness (QED) is 0.806. The Labute approximate surface area is 91.4 Å². The van der Waals surface area contributed by atoms with Gasteiger partial charge in [-0.05, 0) is 13.0 Å². The number of nitrogen functional groups attached to an aromatic ring is 1. The molecule has 2 aromatic rings. The van der Waals surface area contributed by atoms with Crippen LogP contribution in [-0.2, 0) is 0 Å². The zero-order valence-electron chi connectivity index (χ0n) is 8.21. The number of aromatic nitrogens is 2. The van der Waals surface area contributed by atoms with Gasteiger partial charge in [-0.1, -0.05) is 6.07 Å². The van der Waals surface area contributed by atoms with Crippen LogP contribution in [0, 0.1) is 6.92 Å². The van der Waals surface area contributed by atoms with Gasteiger partial charge >= 0.3 is 0 Å². The molecule has 1 unspecified atom stereocenters. The fourth-order valence-electron chi connectivity index (χ4n) is 1.33. The number of thiazole rings is 1. The lowest BCUT2D eigenvalue weighted by Crippen LogP contribution is -2.05. The van der Waals surface area contributed by atoms with Crippen LogP contribution in [-0.4, -0.2) is 15.1 Å². The van der Waals surface area contributed by atoms with Crippen molar-refractivity contribution in [1.82, 2.24) is 9.97 Å². The number of hydrogen-bond acceptors (Lipinski definition) is 5. The Morgan fingerprint density at radius 2 is 2.33 bits per heavy atom. The van der Waals surface area contributed by atoms with Crippen LogP contribution in [0.4, 0.5) is 5.82 Å². The lowest BCUT2D eigenvalue weighted by molar-refractivity contribution is 0.216. The molecule has 0 aromatic carbocycles. The van der Waals surface area contributed by atoms with Gasteiger partial charge < -0.3 is 10.8 Å². The SMILES string of the molecule is Cc1nc(C(O)c2cccnc2N)cs1. The minimum Gasteiger partial charge on any atom is -0.383 e. The molecule has 78 valence electrons. The number of anilines is 1. The highest BCUT2D eigenvalue weighted by molar-refractivity contribution is 7.09. The molecule has 0 aliphatic carbocycles. The summed E-state index contributed by atoms with van der Waals surface area (Å²) in [6.45, 7) is 1.90. The Morgan fingerprint density at radius 3 is 2.93 bits per heavy atom. The second-order valence-corrected chi connectivity index (χ2v) is 4.23. The molecule has 0 spiro atoms. The Hall–Kier alpha value is -1.46. The number of aliphatic hydroxyl groups is 1. The van der Waals surface area contributed by atoms with Gasteiger partial charge in [0, 0.05) is 17.1 Å². The molecule has 0 fully saturated rings. The van der Waals surface area contributed by atoms with Crippen LogP contribution in [0.2, 0.25) is 0 Å².